The zero-order chi connectivity index (χ0) is 18.4. The van der Waals surface area contributed by atoms with Gasteiger partial charge < -0.3 is 19.8 Å². The van der Waals surface area contributed by atoms with Gasteiger partial charge in [-0.05, 0) is 32.8 Å². The maximum absolute atomic E-state index is 5.96. The molecule has 1 saturated heterocycles. The van der Waals surface area contributed by atoms with Crippen molar-refractivity contribution >= 4 is 5.96 Å². The van der Waals surface area contributed by atoms with Gasteiger partial charge in [-0.1, -0.05) is 30.3 Å². The van der Waals surface area contributed by atoms with Crippen molar-refractivity contribution < 1.29 is 9.15 Å². The SMILES string of the molecule is CCNC(=NCc1nc(C)c(C)o1)NCC1CCOC1c1ccccc1. The maximum Gasteiger partial charge on any atom is 0.216 e. The largest absolute Gasteiger partial charge is 0.444 e. The van der Waals surface area contributed by atoms with Crippen LogP contribution in [0.1, 0.15) is 42.4 Å². The topological polar surface area (TPSA) is 71.7 Å². The quantitative estimate of drug-likeness (QED) is 0.615. The number of nitrogens with zero attached hydrogens (tertiary/aromatic N) is 2. The lowest BCUT2D eigenvalue weighted by molar-refractivity contribution is 0.0915. The predicted molar refractivity (Wildman–Crippen MR) is 102 cm³/mol. The van der Waals surface area contributed by atoms with E-state index in [0.717, 1.165) is 43.5 Å². The molecule has 6 nitrogen and oxygen atoms in total. The third-order valence-electron chi connectivity index (χ3n) is 4.66. The van der Waals surface area contributed by atoms with E-state index in [2.05, 4.69) is 51.8 Å². The number of aromatic nitrogens is 1. The summed E-state index contributed by atoms with van der Waals surface area (Å²) in [5.41, 5.74) is 2.16. The Kier molecular flexibility index (Phi) is 6.28. The van der Waals surface area contributed by atoms with Gasteiger partial charge >= 0.3 is 0 Å². The summed E-state index contributed by atoms with van der Waals surface area (Å²) in [4.78, 5) is 8.98. The van der Waals surface area contributed by atoms with Crippen molar-refractivity contribution in [3.8, 4) is 0 Å². The second kappa shape index (κ2) is 8.85. The van der Waals surface area contributed by atoms with E-state index in [1.807, 2.05) is 19.9 Å². The molecular weight excluding hydrogens is 328 g/mol. The minimum absolute atomic E-state index is 0.142. The third-order valence-corrected chi connectivity index (χ3v) is 4.66. The number of aryl methyl sites for hydroxylation is 2. The van der Waals surface area contributed by atoms with E-state index in [4.69, 9.17) is 9.15 Å². The van der Waals surface area contributed by atoms with Crippen molar-refractivity contribution in [2.24, 2.45) is 10.9 Å². The van der Waals surface area contributed by atoms with E-state index >= 15 is 0 Å². The summed E-state index contributed by atoms with van der Waals surface area (Å²) in [6.07, 6.45) is 1.19. The van der Waals surface area contributed by atoms with Gasteiger partial charge in [0.25, 0.3) is 0 Å². The average Bonchev–Trinajstić information content (AvgIpc) is 3.25. The molecule has 2 atom stereocenters. The zero-order valence-corrected chi connectivity index (χ0v) is 15.8. The molecule has 3 rings (SSSR count). The number of hydrogen-bond acceptors (Lipinski definition) is 4. The summed E-state index contributed by atoms with van der Waals surface area (Å²) in [6.45, 7) is 8.76. The first-order valence-electron chi connectivity index (χ1n) is 9.29. The van der Waals surface area contributed by atoms with E-state index in [1.54, 1.807) is 0 Å². The molecule has 2 unspecified atom stereocenters. The van der Waals surface area contributed by atoms with Crippen LogP contribution < -0.4 is 10.6 Å². The summed E-state index contributed by atoms with van der Waals surface area (Å²) in [5.74, 6) is 2.69. The molecule has 6 heteroatoms. The minimum Gasteiger partial charge on any atom is -0.444 e. The molecule has 0 amide bonds. The number of guanidine groups is 1. The molecule has 2 N–H and O–H groups in total. The van der Waals surface area contributed by atoms with Gasteiger partial charge in [0, 0.05) is 25.6 Å². The lowest BCUT2D eigenvalue weighted by atomic mass is 9.95. The van der Waals surface area contributed by atoms with Crippen LogP contribution in [0.25, 0.3) is 0 Å². The van der Waals surface area contributed by atoms with Gasteiger partial charge in [0.05, 0.1) is 11.8 Å². The van der Waals surface area contributed by atoms with Crippen molar-refractivity contribution in [3.05, 3.63) is 53.2 Å². The van der Waals surface area contributed by atoms with Crippen LogP contribution in [-0.4, -0.2) is 30.6 Å². The number of ether oxygens (including phenoxy) is 1. The third kappa shape index (κ3) is 4.64. The monoisotopic (exact) mass is 356 g/mol. The van der Waals surface area contributed by atoms with Crippen LogP contribution >= 0.6 is 0 Å². The fourth-order valence-corrected chi connectivity index (χ4v) is 3.18. The number of rotatable bonds is 6. The highest BCUT2D eigenvalue weighted by Gasteiger charge is 2.29. The Morgan fingerprint density at radius 1 is 1.23 bits per heavy atom. The van der Waals surface area contributed by atoms with Crippen LogP contribution in [0.3, 0.4) is 0 Å². The highest BCUT2D eigenvalue weighted by Crippen LogP contribution is 2.33. The van der Waals surface area contributed by atoms with Gasteiger partial charge in [0.15, 0.2) is 5.96 Å². The molecule has 140 valence electrons. The molecule has 1 aromatic carbocycles. The standard InChI is InChI=1S/C20H28N4O2/c1-4-21-20(23-13-18-24-14(2)15(3)26-18)22-12-17-10-11-25-19(17)16-8-6-5-7-9-16/h5-9,17,19H,4,10-13H2,1-3H3,(H2,21,22,23). The fraction of sp³-hybridized carbons (Fsp3) is 0.500. The Morgan fingerprint density at radius 2 is 2.04 bits per heavy atom. The van der Waals surface area contributed by atoms with E-state index < -0.39 is 0 Å². The molecule has 0 aliphatic carbocycles. The summed E-state index contributed by atoms with van der Waals surface area (Å²) in [5, 5.41) is 6.72. The number of nitrogens with one attached hydrogen (secondary N) is 2. The first-order valence-corrected chi connectivity index (χ1v) is 9.29. The molecule has 1 fully saturated rings. The Balaban J connectivity index is 1.60. The molecule has 1 aromatic heterocycles. The van der Waals surface area contributed by atoms with Crippen molar-refractivity contribution in [1.29, 1.82) is 0 Å². The molecule has 0 radical (unpaired) electrons. The zero-order valence-electron chi connectivity index (χ0n) is 15.8. The van der Waals surface area contributed by atoms with Gasteiger partial charge in [0.1, 0.15) is 12.3 Å². The van der Waals surface area contributed by atoms with Gasteiger partial charge in [0.2, 0.25) is 5.89 Å². The normalized spacial score (nSPS) is 20.3. The lowest BCUT2D eigenvalue weighted by Gasteiger charge is -2.20. The number of hydrogen-bond donors (Lipinski definition) is 2. The maximum atomic E-state index is 5.96. The number of benzene rings is 1. The molecule has 0 bridgehead atoms. The van der Waals surface area contributed by atoms with Crippen LogP contribution in [0.15, 0.2) is 39.7 Å². The predicted octanol–water partition coefficient (Wildman–Crippen LogP) is 3.12. The second-order valence-corrected chi connectivity index (χ2v) is 6.58. The van der Waals surface area contributed by atoms with Crippen LogP contribution in [-0.2, 0) is 11.3 Å². The van der Waals surface area contributed by atoms with Crippen LogP contribution in [0, 0.1) is 19.8 Å². The smallest absolute Gasteiger partial charge is 0.216 e. The molecule has 0 saturated carbocycles. The van der Waals surface area contributed by atoms with E-state index in [-0.39, 0.29) is 6.10 Å². The van der Waals surface area contributed by atoms with Crippen molar-refractivity contribution in [1.82, 2.24) is 15.6 Å². The molecule has 26 heavy (non-hydrogen) atoms. The summed E-state index contributed by atoms with van der Waals surface area (Å²) >= 11 is 0. The molecule has 2 aromatic rings. The average molecular weight is 356 g/mol. The first-order chi connectivity index (χ1) is 12.7. The van der Waals surface area contributed by atoms with Gasteiger partial charge in [-0.25, -0.2) is 9.98 Å². The lowest BCUT2D eigenvalue weighted by Crippen LogP contribution is -2.40. The van der Waals surface area contributed by atoms with Crippen molar-refractivity contribution in [2.75, 3.05) is 19.7 Å². The fourth-order valence-electron chi connectivity index (χ4n) is 3.18. The summed E-state index contributed by atoms with van der Waals surface area (Å²) < 4.78 is 11.6. The number of aliphatic imine (C=N–C) groups is 1. The van der Waals surface area contributed by atoms with E-state index in [9.17, 15) is 0 Å². The highest BCUT2D eigenvalue weighted by molar-refractivity contribution is 5.79. The van der Waals surface area contributed by atoms with Crippen LogP contribution in [0.5, 0.6) is 0 Å². The van der Waals surface area contributed by atoms with Crippen LogP contribution in [0.4, 0.5) is 0 Å². The van der Waals surface area contributed by atoms with Crippen molar-refractivity contribution in [3.63, 3.8) is 0 Å². The molecular formula is C20H28N4O2. The van der Waals surface area contributed by atoms with Gasteiger partial charge in [-0.3, -0.25) is 0 Å². The molecule has 2 heterocycles. The van der Waals surface area contributed by atoms with E-state index in [0.29, 0.717) is 18.4 Å². The van der Waals surface area contributed by atoms with Gasteiger partial charge in [-0.15, -0.1) is 0 Å². The molecule has 0 spiro atoms. The molecule has 1 aliphatic heterocycles. The first kappa shape index (κ1) is 18.5. The van der Waals surface area contributed by atoms with Crippen molar-refractivity contribution in [2.45, 2.75) is 39.8 Å². The Bertz CT molecular complexity index is 707. The second-order valence-electron chi connectivity index (χ2n) is 6.58. The van der Waals surface area contributed by atoms with E-state index in [1.165, 1.54) is 5.56 Å². The molecule has 1 aliphatic rings. The Morgan fingerprint density at radius 3 is 2.73 bits per heavy atom. The van der Waals surface area contributed by atoms with Crippen LogP contribution in [0.2, 0.25) is 0 Å². The highest BCUT2D eigenvalue weighted by atomic mass is 16.5. The number of oxazole rings is 1. The summed E-state index contributed by atoms with van der Waals surface area (Å²) in [6, 6.07) is 10.4. The Labute approximate surface area is 155 Å². The minimum atomic E-state index is 0.142. The Hall–Kier alpha value is -2.34. The van der Waals surface area contributed by atoms with Gasteiger partial charge in [-0.2, -0.15) is 0 Å². The summed E-state index contributed by atoms with van der Waals surface area (Å²) in [7, 11) is 0.